The molecular formula is C25H30N2O3. The van der Waals surface area contributed by atoms with Crippen LogP contribution in [0.1, 0.15) is 62.5 Å². The van der Waals surface area contributed by atoms with Crippen LogP contribution in [0.15, 0.2) is 59.0 Å². The minimum absolute atomic E-state index is 0.00452. The summed E-state index contributed by atoms with van der Waals surface area (Å²) in [5.74, 6) is 0.918. The Balaban J connectivity index is 1.44. The van der Waals surface area contributed by atoms with Gasteiger partial charge in [-0.1, -0.05) is 68.1 Å². The summed E-state index contributed by atoms with van der Waals surface area (Å²) in [6.45, 7) is 0. The summed E-state index contributed by atoms with van der Waals surface area (Å²) < 4.78 is 5.77. The number of aromatic nitrogens is 1. The van der Waals surface area contributed by atoms with Crippen molar-refractivity contribution < 1.29 is 14.3 Å². The molecule has 1 heterocycles. The Bertz CT molecular complexity index is 914. The van der Waals surface area contributed by atoms with Crippen LogP contribution in [0.5, 0.6) is 0 Å². The van der Waals surface area contributed by atoms with Crippen LogP contribution in [-0.4, -0.2) is 22.0 Å². The van der Waals surface area contributed by atoms with E-state index in [1.807, 2.05) is 42.5 Å². The van der Waals surface area contributed by atoms with E-state index >= 15 is 0 Å². The lowest BCUT2D eigenvalue weighted by atomic mass is 9.99. The average Bonchev–Trinajstić information content (AvgIpc) is 3.45. The minimum Gasteiger partial charge on any atom is -0.438 e. The number of carbonyl (C=O) groups excluding carboxylic acids is 1. The molecular weight excluding hydrogens is 376 g/mol. The fraction of sp³-hybridized carbons (Fsp3) is 0.440. The fourth-order valence-electron chi connectivity index (χ4n) is 4.38. The second-order valence-corrected chi connectivity index (χ2v) is 8.35. The molecule has 158 valence electrons. The van der Waals surface area contributed by atoms with Crippen LogP contribution in [0, 0.1) is 5.92 Å². The zero-order chi connectivity index (χ0) is 20.8. The summed E-state index contributed by atoms with van der Waals surface area (Å²) in [6.07, 6.45) is 6.84. The van der Waals surface area contributed by atoms with Gasteiger partial charge in [-0.05, 0) is 42.9 Å². The number of nitrogens with zero attached hydrogens (tertiary/aromatic N) is 1. The van der Waals surface area contributed by atoms with Gasteiger partial charge in [0.05, 0.1) is 6.04 Å². The first-order valence-corrected chi connectivity index (χ1v) is 11.1. The molecule has 1 fully saturated rings. The van der Waals surface area contributed by atoms with E-state index in [1.165, 1.54) is 31.2 Å². The van der Waals surface area contributed by atoms with E-state index in [-0.39, 0.29) is 11.8 Å². The van der Waals surface area contributed by atoms with Crippen molar-refractivity contribution in [3.8, 4) is 0 Å². The Morgan fingerprint density at radius 3 is 2.60 bits per heavy atom. The predicted molar refractivity (Wildman–Crippen MR) is 117 cm³/mol. The van der Waals surface area contributed by atoms with Gasteiger partial charge in [-0.2, -0.15) is 0 Å². The number of nitrogens with one attached hydrogen (secondary N) is 1. The zero-order valence-corrected chi connectivity index (χ0v) is 17.3. The molecule has 0 bridgehead atoms. The van der Waals surface area contributed by atoms with Crippen molar-refractivity contribution in [2.45, 2.75) is 63.5 Å². The number of aryl methyl sites for hydroxylation is 1. The highest BCUT2D eigenvalue weighted by atomic mass is 16.4. The van der Waals surface area contributed by atoms with Gasteiger partial charge in [-0.15, -0.1) is 0 Å². The molecule has 1 aliphatic rings. The zero-order valence-electron chi connectivity index (χ0n) is 17.3. The third kappa shape index (κ3) is 5.28. The molecule has 1 unspecified atom stereocenters. The maximum Gasteiger partial charge on any atom is 0.226 e. The average molecular weight is 407 g/mol. The molecule has 1 aromatic heterocycles. The first-order chi connectivity index (χ1) is 14.7. The second kappa shape index (κ2) is 9.90. The SMILES string of the molecule is O=C(CCC1CCCC1)N[C@@H](CCc1ccccc1)C(O)c1nc2ccccc2o1. The van der Waals surface area contributed by atoms with Gasteiger partial charge >= 0.3 is 0 Å². The Hall–Kier alpha value is -2.66. The molecule has 2 aromatic carbocycles. The van der Waals surface area contributed by atoms with Crippen LogP contribution in [0.2, 0.25) is 0 Å². The lowest BCUT2D eigenvalue weighted by molar-refractivity contribution is -0.123. The van der Waals surface area contributed by atoms with Gasteiger partial charge in [0.1, 0.15) is 5.52 Å². The maximum atomic E-state index is 12.7. The fourth-order valence-corrected chi connectivity index (χ4v) is 4.38. The highest BCUT2D eigenvalue weighted by molar-refractivity contribution is 5.76. The quantitative estimate of drug-likeness (QED) is 0.527. The molecule has 5 nitrogen and oxygen atoms in total. The van der Waals surface area contributed by atoms with Crippen LogP contribution in [0.3, 0.4) is 0 Å². The third-order valence-corrected chi connectivity index (χ3v) is 6.13. The van der Waals surface area contributed by atoms with Gasteiger partial charge in [-0.3, -0.25) is 4.79 Å². The molecule has 2 atom stereocenters. The number of hydrogen-bond donors (Lipinski definition) is 2. The normalized spacial score (nSPS) is 16.6. The number of amides is 1. The predicted octanol–water partition coefficient (Wildman–Crippen LogP) is 4.95. The Morgan fingerprint density at radius 1 is 1.10 bits per heavy atom. The number of rotatable bonds is 9. The molecule has 1 saturated carbocycles. The molecule has 3 aromatic rings. The lowest BCUT2D eigenvalue weighted by Gasteiger charge is -2.23. The molecule has 0 aliphatic heterocycles. The molecule has 0 spiro atoms. The van der Waals surface area contributed by atoms with Crippen molar-refractivity contribution >= 4 is 17.0 Å². The lowest BCUT2D eigenvalue weighted by Crippen LogP contribution is -2.40. The molecule has 1 aliphatic carbocycles. The van der Waals surface area contributed by atoms with Crippen molar-refractivity contribution in [2.75, 3.05) is 0 Å². The number of carbonyl (C=O) groups is 1. The van der Waals surface area contributed by atoms with Crippen LogP contribution in [0.4, 0.5) is 0 Å². The van der Waals surface area contributed by atoms with Gasteiger partial charge < -0.3 is 14.8 Å². The number of aliphatic hydroxyl groups excluding tert-OH is 1. The summed E-state index contributed by atoms with van der Waals surface area (Å²) >= 11 is 0. The van der Waals surface area contributed by atoms with Crippen LogP contribution >= 0.6 is 0 Å². The van der Waals surface area contributed by atoms with Gasteiger partial charge in [0.25, 0.3) is 0 Å². The van der Waals surface area contributed by atoms with Crippen LogP contribution in [-0.2, 0) is 11.2 Å². The Kier molecular flexibility index (Phi) is 6.80. The molecule has 2 N–H and O–H groups in total. The van der Waals surface area contributed by atoms with Crippen molar-refractivity contribution in [2.24, 2.45) is 5.92 Å². The summed E-state index contributed by atoms with van der Waals surface area (Å²) in [7, 11) is 0. The van der Waals surface area contributed by atoms with Gasteiger partial charge in [0, 0.05) is 6.42 Å². The number of oxazole rings is 1. The number of para-hydroxylation sites is 2. The van der Waals surface area contributed by atoms with Crippen molar-refractivity contribution in [3.63, 3.8) is 0 Å². The van der Waals surface area contributed by atoms with E-state index in [0.717, 1.165) is 12.8 Å². The number of fused-ring (bicyclic) bond motifs is 1. The van der Waals surface area contributed by atoms with E-state index in [2.05, 4.69) is 22.4 Å². The third-order valence-electron chi connectivity index (χ3n) is 6.13. The van der Waals surface area contributed by atoms with Gasteiger partial charge in [-0.25, -0.2) is 4.98 Å². The molecule has 0 radical (unpaired) electrons. The largest absolute Gasteiger partial charge is 0.438 e. The van der Waals surface area contributed by atoms with Gasteiger partial charge in [0.2, 0.25) is 11.8 Å². The van der Waals surface area contributed by atoms with E-state index in [4.69, 9.17) is 4.42 Å². The molecule has 1 amide bonds. The van der Waals surface area contributed by atoms with Crippen LogP contribution < -0.4 is 5.32 Å². The number of benzene rings is 2. The highest BCUT2D eigenvalue weighted by Crippen LogP contribution is 2.29. The van der Waals surface area contributed by atoms with E-state index in [0.29, 0.717) is 29.9 Å². The molecule has 5 heteroatoms. The monoisotopic (exact) mass is 406 g/mol. The minimum atomic E-state index is -0.989. The van der Waals surface area contributed by atoms with Crippen molar-refractivity contribution in [1.29, 1.82) is 0 Å². The van der Waals surface area contributed by atoms with Crippen LogP contribution in [0.25, 0.3) is 11.1 Å². The first-order valence-electron chi connectivity index (χ1n) is 11.1. The molecule has 4 rings (SSSR count). The first kappa shape index (κ1) is 20.6. The van der Waals surface area contributed by atoms with Crippen molar-refractivity contribution in [3.05, 3.63) is 66.1 Å². The maximum absolute atomic E-state index is 12.7. The summed E-state index contributed by atoms with van der Waals surface area (Å²) in [4.78, 5) is 17.1. The smallest absolute Gasteiger partial charge is 0.226 e. The highest BCUT2D eigenvalue weighted by Gasteiger charge is 2.27. The number of aliphatic hydroxyl groups is 1. The van der Waals surface area contributed by atoms with E-state index < -0.39 is 12.1 Å². The Labute approximate surface area is 177 Å². The molecule has 0 saturated heterocycles. The van der Waals surface area contributed by atoms with E-state index in [1.54, 1.807) is 0 Å². The summed E-state index contributed by atoms with van der Waals surface area (Å²) in [5.41, 5.74) is 2.52. The summed E-state index contributed by atoms with van der Waals surface area (Å²) in [5, 5.41) is 14.1. The summed E-state index contributed by atoms with van der Waals surface area (Å²) in [6, 6.07) is 17.1. The second-order valence-electron chi connectivity index (χ2n) is 8.35. The Morgan fingerprint density at radius 2 is 1.83 bits per heavy atom. The van der Waals surface area contributed by atoms with Gasteiger partial charge in [0.15, 0.2) is 11.7 Å². The van der Waals surface area contributed by atoms with E-state index in [9.17, 15) is 9.90 Å². The number of hydrogen-bond acceptors (Lipinski definition) is 4. The molecule has 30 heavy (non-hydrogen) atoms. The van der Waals surface area contributed by atoms with Crippen molar-refractivity contribution in [1.82, 2.24) is 10.3 Å². The standard InChI is InChI=1S/C25H30N2O3/c28-23(17-15-19-10-4-5-11-19)26-21(16-14-18-8-2-1-3-9-18)24(29)25-27-20-12-6-7-13-22(20)30-25/h1-3,6-9,12-13,19,21,24,29H,4-5,10-11,14-17H2,(H,26,28)/t21-,24?/m0/s1. The topological polar surface area (TPSA) is 75.4 Å².